The number of nitrogens with one attached hydrogen (secondary N) is 1. The third-order valence-corrected chi connectivity index (χ3v) is 9.95. The fraction of sp³-hybridized carbons (Fsp3) is 0.444. The van der Waals surface area contributed by atoms with Gasteiger partial charge in [0.2, 0.25) is 5.95 Å². The Morgan fingerprint density at radius 3 is 2.51 bits per heavy atom. The number of ether oxygens (including phenoxy) is 1. The van der Waals surface area contributed by atoms with Crippen LogP contribution in [0.3, 0.4) is 0 Å². The van der Waals surface area contributed by atoms with E-state index in [9.17, 15) is 22.5 Å². The van der Waals surface area contributed by atoms with Crippen molar-refractivity contribution < 1.29 is 22.5 Å². The largest absolute Gasteiger partial charge is 0.598 e. The molecule has 0 unspecified atom stereocenters. The maximum absolute atomic E-state index is 13.5. The lowest BCUT2D eigenvalue weighted by molar-refractivity contribution is -0.143. The predicted octanol–water partition coefficient (Wildman–Crippen LogP) is 4.45. The molecule has 2 atom stereocenters. The number of hydrogen-bond donors (Lipinski definition) is 2. The number of anilines is 2. The second-order valence-electron chi connectivity index (χ2n) is 11.1. The third kappa shape index (κ3) is 5.62. The summed E-state index contributed by atoms with van der Waals surface area (Å²) in [7, 11) is 1.52. The van der Waals surface area contributed by atoms with E-state index in [2.05, 4.69) is 14.7 Å². The molecule has 1 spiro atoms. The Labute approximate surface area is 243 Å². The molecule has 14 heteroatoms. The lowest BCUT2D eigenvalue weighted by Gasteiger charge is -2.43. The molecule has 41 heavy (non-hydrogen) atoms. The molecule has 3 N–H and O–H groups in total. The number of para-hydroxylation sites is 1. The minimum absolute atomic E-state index is 0.105. The molecule has 1 saturated heterocycles. The first-order valence-electron chi connectivity index (χ1n) is 13.0. The molecule has 0 saturated carbocycles. The molecule has 0 aliphatic carbocycles. The number of rotatable bonds is 5. The predicted molar refractivity (Wildman–Crippen MR) is 152 cm³/mol. The van der Waals surface area contributed by atoms with Gasteiger partial charge in [-0.05, 0) is 39.0 Å². The quantitative estimate of drug-likeness (QED) is 0.405. The Bertz CT molecular complexity index is 1500. The van der Waals surface area contributed by atoms with Gasteiger partial charge in [-0.25, -0.2) is 0 Å². The molecule has 220 valence electrons. The van der Waals surface area contributed by atoms with Gasteiger partial charge in [-0.15, -0.1) is 4.72 Å². The smallest absolute Gasteiger partial charge is 0.434 e. The van der Waals surface area contributed by atoms with E-state index in [1.54, 1.807) is 0 Å². The Hall–Kier alpha value is -2.94. The molecule has 0 bridgehead atoms. The van der Waals surface area contributed by atoms with Crippen molar-refractivity contribution in [2.24, 2.45) is 7.05 Å². The van der Waals surface area contributed by atoms with Gasteiger partial charge in [-0.3, -0.25) is 14.3 Å². The molecule has 4 heterocycles. The van der Waals surface area contributed by atoms with Crippen LogP contribution in [0.2, 0.25) is 0 Å². The average Bonchev–Trinajstić information content (AvgIpc) is 3.20. The van der Waals surface area contributed by atoms with E-state index in [4.69, 9.17) is 10.5 Å². The molecule has 0 radical (unpaired) electrons. The molecular formula is C27H31F3N6O3S2. The van der Waals surface area contributed by atoms with Crippen molar-refractivity contribution in [2.75, 3.05) is 23.7 Å². The number of nitrogen functional groups attached to an aromatic ring is 1. The number of pyridine rings is 1. The summed E-state index contributed by atoms with van der Waals surface area (Å²) < 4.78 is 64.1. The Morgan fingerprint density at radius 2 is 1.85 bits per heavy atom. The SMILES string of the molecule is Cn1c(N2CCC3(CC2)Oc2ccccc2[C@H]3N[S@+]([O-])C(C)(C)C)nc(N)c(Sc2cccnc2C(F)(F)F)c1=O. The van der Waals surface area contributed by atoms with E-state index in [0.717, 1.165) is 17.5 Å². The fourth-order valence-electron chi connectivity index (χ4n) is 5.06. The number of benzene rings is 1. The van der Waals surface area contributed by atoms with Crippen molar-refractivity contribution in [3.63, 3.8) is 0 Å². The highest BCUT2D eigenvalue weighted by Crippen LogP contribution is 2.49. The standard InChI is InChI=1S/C27H31F3N6O3S2/c1-25(2,3)41(38)34-20-16-8-5-6-9-17(16)39-26(20)11-14-36(15-12-26)24-33-22(31)19(23(37)35(24)4)40-18-10-7-13-32-21(18)27(28,29)30/h5-10,13,20,34H,11-12,14-15,31H2,1-4H3/t20-,41-/m1/s1. The van der Waals surface area contributed by atoms with Gasteiger partial charge < -0.3 is 19.9 Å². The second kappa shape index (κ2) is 10.7. The van der Waals surface area contributed by atoms with Crippen molar-refractivity contribution in [1.82, 2.24) is 19.3 Å². The van der Waals surface area contributed by atoms with Gasteiger partial charge in [0.15, 0.2) is 5.69 Å². The highest BCUT2D eigenvalue weighted by Gasteiger charge is 2.53. The van der Waals surface area contributed by atoms with Gasteiger partial charge in [-0.1, -0.05) is 30.0 Å². The third-order valence-electron chi connectivity index (χ3n) is 7.25. The lowest BCUT2D eigenvalue weighted by Crippen LogP contribution is -2.55. The molecule has 1 fully saturated rings. The van der Waals surface area contributed by atoms with E-state index < -0.39 is 39.1 Å². The number of nitrogens with two attached hydrogens (primary N) is 1. The fourth-order valence-corrected chi connectivity index (χ4v) is 6.98. The van der Waals surface area contributed by atoms with Crippen LogP contribution in [0.4, 0.5) is 24.9 Å². The Kier molecular flexibility index (Phi) is 7.72. The monoisotopic (exact) mass is 608 g/mol. The Morgan fingerprint density at radius 1 is 1.17 bits per heavy atom. The topological polar surface area (TPSA) is 121 Å². The van der Waals surface area contributed by atoms with Crippen LogP contribution in [-0.2, 0) is 24.6 Å². The summed E-state index contributed by atoms with van der Waals surface area (Å²) in [5.41, 5.74) is 4.80. The summed E-state index contributed by atoms with van der Waals surface area (Å²) >= 11 is -0.738. The molecule has 3 aromatic rings. The van der Waals surface area contributed by atoms with E-state index >= 15 is 0 Å². The first-order chi connectivity index (χ1) is 19.2. The average molecular weight is 609 g/mol. The van der Waals surface area contributed by atoms with E-state index in [1.807, 2.05) is 49.9 Å². The van der Waals surface area contributed by atoms with E-state index in [1.165, 1.54) is 23.7 Å². The van der Waals surface area contributed by atoms with Gasteiger partial charge in [0.05, 0.1) is 0 Å². The van der Waals surface area contributed by atoms with Crippen LogP contribution in [-0.4, -0.2) is 42.5 Å². The Balaban J connectivity index is 1.39. The number of fused-ring (bicyclic) bond motifs is 1. The number of hydrogen-bond acceptors (Lipinski definition) is 9. The minimum Gasteiger partial charge on any atom is -0.598 e. The zero-order valence-corrected chi connectivity index (χ0v) is 24.6. The number of halogens is 3. The zero-order chi connectivity index (χ0) is 29.7. The molecule has 5 rings (SSSR count). The van der Waals surface area contributed by atoms with Crippen LogP contribution in [0.15, 0.2) is 57.2 Å². The molecule has 2 aromatic heterocycles. The molecule has 0 amide bonds. The summed E-state index contributed by atoms with van der Waals surface area (Å²) in [6.45, 7) is 6.64. The second-order valence-corrected chi connectivity index (χ2v) is 14.1. The van der Waals surface area contributed by atoms with Crippen molar-refractivity contribution in [3.8, 4) is 5.75 Å². The maximum Gasteiger partial charge on any atom is 0.434 e. The highest BCUT2D eigenvalue weighted by atomic mass is 32.2. The zero-order valence-electron chi connectivity index (χ0n) is 23.0. The van der Waals surface area contributed by atoms with Crippen LogP contribution in [0.1, 0.15) is 50.9 Å². The number of aromatic nitrogens is 3. The highest BCUT2D eigenvalue weighted by molar-refractivity contribution is 7.99. The van der Waals surface area contributed by atoms with Gasteiger partial charge in [0.25, 0.3) is 5.56 Å². The minimum atomic E-state index is -4.69. The van der Waals surface area contributed by atoms with E-state index in [0.29, 0.717) is 43.6 Å². The van der Waals surface area contributed by atoms with Gasteiger partial charge >= 0.3 is 6.18 Å². The first kappa shape index (κ1) is 29.5. The molecular weight excluding hydrogens is 577 g/mol. The van der Waals surface area contributed by atoms with Crippen LogP contribution in [0, 0.1) is 0 Å². The summed E-state index contributed by atoms with van der Waals surface area (Å²) in [5, 5.41) is 0. The van der Waals surface area contributed by atoms with Crippen LogP contribution >= 0.6 is 11.8 Å². The van der Waals surface area contributed by atoms with Crippen LogP contribution in [0.25, 0.3) is 0 Å². The van der Waals surface area contributed by atoms with Gasteiger partial charge in [-0.2, -0.15) is 18.2 Å². The molecule has 2 aliphatic heterocycles. The van der Waals surface area contributed by atoms with Crippen molar-refractivity contribution in [3.05, 3.63) is 64.2 Å². The summed E-state index contributed by atoms with van der Waals surface area (Å²) in [4.78, 5) is 22.8. The van der Waals surface area contributed by atoms with Crippen molar-refractivity contribution >= 4 is 34.9 Å². The molecule has 9 nitrogen and oxygen atoms in total. The van der Waals surface area contributed by atoms with E-state index in [-0.39, 0.29) is 21.7 Å². The van der Waals surface area contributed by atoms with Gasteiger partial charge in [0, 0.05) is 61.0 Å². The summed E-state index contributed by atoms with van der Waals surface area (Å²) in [6.07, 6.45) is -2.56. The molecule has 1 aromatic carbocycles. The normalized spacial score (nSPS) is 19.2. The van der Waals surface area contributed by atoms with Crippen molar-refractivity contribution in [1.29, 1.82) is 0 Å². The number of alkyl halides is 3. The lowest BCUT2D eigenvalue weighted by atomic mass is 9.83. The summed E-state index contributed by atoms with van der Waals surface area (Å²) in [6, 6.07) is 10.0. The molecule has 2 aliphatic rings. The van der Waals surface area contributed by atoms with Crippen LogP contribution < -0.4 is 25.7 Å². The first-order valence-corrected chi connectivity index (χ1v) is 15.0. The van der Waals surface area contributed by atoms with Gasteiger partial charge in [0.1, 0.15) is 32.9 Å². The van der Waals surface area contributed by atoms with Crippen molar-refractivity contribution in [2.45, 2.75) is 66.0 Å². The summed E-state index contributed by atoms with van der Waals surface area (Å²) in [5.74, 6) is 0.899. The number of nitrogens with zero attached hydrogens (tertiary/aromatic N) is 4. The maximum atomic E-state index is 13.5. The van der Waals surface area contributed by atoms with Crippen LogP contribution in [0.5, 0.6) is 5.75 Å². The number of piperidine rings is 1.